The lowest BCUT2D eigenvalue weighted by Gasteiger charge is -2.25. The Balaban J connectivity index is 1.98. The SMILES string of the molecule is CCc1nn(C)c(CN(C)CC2CCCN2C)c1Br. The number of likely N-dealkylation sites (N-methyl/N-ethyl adjacent to an activating group) is 2. The molecule has 0 amide bonds. The van der Waals surface area contributed by atoms with Gasteiger partial charge in [0.05, 0.1) is 15.9 Å². The summed E-state index contributed by atoms with van der Waals surface area (Å²) in [5.74, 6) is 0. The van der Waals surface area contributed by atoms with Crippen molar-refractivity contribution in [2.24, 2.45) is 7.05 Å². The van der Waals surface area contributed by atoms with Crippen molar-refractivity contribution in [3.05, 3.63) is 15.9 Å². The number of hydrogen-bond acceptors (Lipinski definition) is 3. The highest BCUT2D eigenvalue weighted by Gasteiger charge is 2.23. The van der Waals surface area contributed by atoms with E-state index in [1.165, 1.54) is 29.6 Å². The van der Waals surface area contributed by atoms with Crippen LogP contribution in [0, 0.1) is 0 Å². The second-order valence-corrected chi connectivity index (χ2v) is 6.45. The number of halogens is 1. The second kappa shape index (κ2) is 6.37. The van der Waals surface area contributed by atoms with Crippen LogP contribution in [0.5, 0.6) is 0 Å². The molecule has 1 atom stereocenters. The van der Waals surface area contributed by atoms with E-state index in [4.69, 9.17) is 0 Å². The number of nitrogens with zero attached hydrogens (tertiary/aromatic N) is 4. The Labute approximate surface area is 124 Å². The lowest BCUT2D eigenvalue weighted by molar-refractivity contribution is 0.212. The molecule has 4 nitrogen and oxygen atoms in total. The van der Waals surface area contributed by atoms with Gasteiger partial charge in [0.2, 0.25) is 0 Å². The molecule has 1 unspecified atom stereocenters. The molecule has 0 aromatic carbocycles. The lowest BCUT2D eigenvalue weighted by Crippen LogP contribution is -2.36. The highest BCUT2D eigenvalue weighted by Crippen LogP contribution is 2.23. The highest BCUT2D eigenvalue weighted by atomic mass is 79.9. The first-order valence-corrected chi connectivity index (χ1v) is 7.91. The molecule has 108 valence electrons. The van der Waals surface area contributed by atoms with Crippen LogP contribution in [0.2, 0.25) is 0 Å². The average Bonchev–Trinajstić information content (AvgIpc) is 2.88. The molecule has 1 aromatic heterocycles. The number of aromatic nitrogens is 2. The molecule has 0 saturated carbocycles. The molecule has 5 heteroatoms. The fourth-order valence-corrected chi connectivity index (χ4v) is 3.62. The summed E-state index contributed by atoms with van der Waals surface area (Å²) in [6, 6.07) is 0.711. The Kier molecular flexibility index (Phi) is 5.03. The minimum Gasteiger partial charge on any atom is -0.302 e. The molecule has 1 aliphatic heterocycles. The first-order valence-electron chi connectivity index (χ1n) is 7.12. The zero-order valence-corrected chi connectivity index (χ0v) is 14.1. The third-order valence-electron chi connectivity index (χ3n) is 4.12. The van der Waals surface area contributed by atoms with Crippen molar-refractivity contribution in [3.63, 3.8) is 0 Å². The molecule has 1 aliphatic rings. The number of rotatable bonds is 5. The van der Waals surface area contributed by atoms with E-state index in [9.17, 15) is 0 Å². The number of aryl methyl sites for hydroxylation is 2. The summed E-state index contributed by atoms with van der Waals surface area (Å²) in [5, 5.41) is 4.56. The molecule has 2 heterocycles. The predicted octanol–water partition coefficient (Wildman–Crippen LogP) is 2.27. The Morgan fingerprint density at radius 3 is 2.68 bits per heavy atom. The monoisotopic (exact) mass is 328 g/mol. The molecule has 0 radical (unpaired) electrons. The van der Waals surface area contributed by atoms with Crippen molar-refractivity contribution in [1.29, 1.82) is 0 Å². The summed E-state index contributed by atoms with van der Waals surface area (Å²) in [6.07, 6.45) is 3.64. The van der Waals surface area contributed by atoms with Crippen molar-refractivity contribution in [2.45, 2.75) is 38.8 Å². The average molecular weight is 329 g/mol. The third-order valence-corrected chi connectivity index (χ3v) is 5.03. The van der Waals surface area contributed by atoms with E-state index in [1.807, 2.05) is 11.7 Å². The molecule has 0 bridgehead atoms. The molecule has 2 rings (SSSR count). The van der Waals surface area contributed by atoms with Gasteiger partial charge in [-0.05, 0) is 55.8 Å². The predicted molar refractivity (Wildman–Crippen MR) is 82.3 cm³/mol. The van der Waals surface area contributed by atoms with Crippen LogP contribution in [0.15, 0.2) is 4.47 Å². The molecule has 19 heavy (non-hydrogen) atoms. The van der Waals surface area contributed by atoms with Crippen LogP contribution in [0.1, 0.15) is 31.2 Å². The van der Waals surface area contributed by atoms with Gasteiger partial charge in [-0.1, -0.05) is 6.92 Å². The number of likely N-dealkylation sites (tertiary alicyclic amines) is 1. The second-order valence-electron chi connectivity index (χ2n) is 5.66. The van der Waals surface area contributed by atoms with E-state index < -0.39 is 0 Å². The molecule has 1 aromatic rings. The van der Waals surface area contributed by atoms with Crippen LogP contribution in [-0.2, 0) is 20.0 Å². The van der Waals surface area contributed by atoms with Gasteiger partial charge in [-0.2, -0.15) is 5.10 Å². The van der Waals surface area contributed by atoms with Crippen molar-refractivity contribution < 1.29 is 0 Å². The minimum atomic E-state index is 0.711. The van der Waals surface area contributed by atoms with Gasteiger partial charge >= 0.3 is 0 Å². The zero-order valence-electron chi connectivity index (χ0n) is 12.5. The first kappa shape index (κ1) is 15.0. The molecule has 0 N–H and O–H groups in total. The minimum absolute atomic E-state index is 0.711. The van der Waals surface area contributed by atoms with Gasteiger partial charge in [0.15, 0.2) is 0 Å². The summed E-state index contributed by atoms with van der Waals surface area (Å²) < 4.78 is 3.20. The first-order chi connectivity index (χ1) is 9.02. The Morgan fingerprint density at radius 1 is 1.42 bits per heavy atom. The van der Waals surface area contributed by atoms with Crippen molar-refractivity contribution in [1.82, 2.24) is 19.6 Å². The van der Waals surface area contributed by atoms with E-state index in [0.717, 1.165) is 25.2 Å². The third kappa shape index (κ3) is 3.38. The summed E-state index contributed by atoms with van der Waals surface area (Å²) in [6.45, 7) is 5.48. The summed E-state index contributed by atoms with van der Waals surface area (Å²) >= 11 is 3.69. The Bertz CT molecular complexity index is 429. The molecular weight excluding hydrogens is 304 g/mol. The maximum absolute atomic E-state index is 4.56. The number of hydrogen-bond donors (Lipinski definition) is 0. The zero-order chi connectivity index (χ0) is 14.0. The standard InChI is InChI=1S/C14H25BrN4/c1-5-12-14(15)13(19(4)16-12)10-17(2)9-11-7-6-8-18(11)3/h11H,5-10H2,1-4H3. The van der Waals surface area contributed by atoms with E-state index in [-0.39, 0.29) is 0 Å². The van der Waals surface area contributed by atoms with Crippen molar-refractivity contribution in [3.8, 4) is 0 Å². The van der Waals surface area contributed by atoms with Gasteiger partial charge in [0.1, 0.15) is 0 Å². The van der Waals surface area contributed by atoms with Gasteiger partial charge in [-0.25, -0.2) is 0 Å². The van der Waals surface area contributed by atoms with Gasteiger partial charge in [-0.3, -0.25) is 9.58 Å². The summed E-state index contributed by atoms with van der Waals surface area (Å²) in [4.78, 5) is 4.89. The van der Waals surface area contributed by atoms with Gasteiger partial charge < -0.3 is 4.90 Å². The van der Waals surface area contributed by atoms with Crippen LogP contribution < -0.4 is 0 Å². The largest absolute Gasteiger partial charge is 0.302 e. The normalized spacial score (nSPS) is 20.6. The fourth-order valence-electron chi connectivity index (χ4n) is 2.88. The van der Waals surface area contributed by atoms with Crippen LogP contribution in [-0.4, -0.2) is 52.8 Å². The summed E-state index contributed by atoms with van der Waals surface area (Å²) in [5.41, 5.74) is 2.43. The van der Waals surface area contributed by atoms with Crippen LogP contribution >= 0.6 is 15.9 Å². The van der Waals surface area contributed by atoms with Crippen molar-refractivity contribution in [2.75, 3.05) is 27.2 Å². The van der Waals surface area contributed by atoms with E-state index in [0.29, 0.717) is 6.04 Å². The molecular formula is C14H25BrN4. The van der Waals surface area contributed by atoms with Crippen LogP contribution in [0.3, 0.4) is 0 Å². The summed E-state index contributed by atoms with van der Waals surface area (Å²) in [7, 11) is 6.48. The molecule has 1 fully saturated rings. The topological polar surface area (TPSA) is 24.3 Å². The lowest BCUT2D eigenvalue weighted by atomic mass is 10.2. The Morgan fingerprint density at radius 2 is 2.16 bits per heavy atom. The maximum atomic E-state index is 4.56. The smallest absolute Gasteiger partial charge is 0.0767 e. The quantitative estimate of drug-likeness (QED) is 0.828. The van der Waals surface area contributed by atoms with Gasteiger partial charge in [0.25, 0.3) is 0 Å². The van der Waals surface area contributed by atoms with Crippen LogP contribution in [0.4, 0.5) is 0 Å². The van der Waals surface area contributed by atoms with Crippen molar-refractivity contribution >= 4 is 15.9 Å². The van der Waals surface area contributed by atoms with E-state index in [1.54, 1.807) is 0 Å². The van der Waals surface area contributed by atoms with Gasteiger partial charge in [-0.15, -0.1) is 0 Å². The Hall–Kier alpha value is -0.390. The fraction of sp³-hybridized carbons (Fsp3) is 0.786. The molecule has 0 aliphatic carbocycles. The van der Waals surface area contributed by atoms with E-state index in [2.05, 4.69) is 51.8 Å². The molecule has 0 spiro atoms. The van der Waals surface area contributed by atoms with Crippen LogP contribution in [0.25, 0.3) is 0 Å². The van der Waals surface area contributed by atoms with Gasteiger partial charge in [0, 0.05) is 26.2 Å². The maximum Gasteiger partial charge on any atom is 0.0767 e. The highest BCUT2D eigenvalue weighted by molar-refractivity contribution is 9.10. The van der Waals surface area contributed by atoms with E-state index >= 15 is 0 Å². The molecule has 1 saturated heterocycles.